The molecule has 0 spiro atoms. The highest BCUT2D eigenvalue weighted by molar-refractivity contribution is 7.89. The molecular weight excluding hydrogens is 262 g/mol. The average molecular weight is 283 g/mol. The molecule has 1 fully saturated rings. The van der Waals surface area contributed by atoms with Crippen LogP contribution in [-0.2, 0) is 10.0 Å². The lowest BCUT2D eigenvalue weighted by atomic mass is 9.93. The molecule has 1 aliphatic rings. The first kappa shape index (κ1) is 14.3. The molecule has 19 heavy (non-hydrogen) atoms. The maximum atomic E-state index is 12.3. The van der Waals surface area contributed by atoms with Crippen LogP contribution in [-0.4, -0.2) is 27.0 Å². The van der Waals surface area contributed by atoms with Gasteiger partial charge in [0, 0.05) is 19.8 Å². The van der Waals surface area contributed by atoms with Crippen molar-refractivity contribution in [2.24, 2.45) is 11.3 Å². The standard InChI is InChI=1S/C13H21N3O2S/c1-10(2)13(6-7-13)9-16-19(17,18)11-5-4-8-15-12(11)14-3/h4-5,8,10,16H,6-7,9H2,1-3H3,(H,14,15). The van der Waals surface area contributed by atoms with Crippen LogP contribution < -0.4 is 10.0 Å². The van der Waals surface area contributed by atoms with Crippen LogP contribution in [0.3, 0.4) is 0 Å². The summed E-state index contributed by atoms with van der Waals surface area (Å²) in [5.41, 5.74) is 0.148. The normalized spacial score (nSPS) is 17.5. The number of hydrogen-bond acceptors (Lipinski definition) is 4. The van der Waals surface area contributed by atoms with Gasteiger partial charge in [-0.25, -0.2) is 18.1 Å². The van der Waals surface area contributed by atoms with Gasteiger partial charge in [0.25, 0.3) is 0 Å². The van der Waals surface area contributed by atoms with E-state index in [1.165, 1.54) is 0 Å². The van der Waals surface area contributed by atoms with E-state index >= 15 is 0 Å². The maximum Gasteiger partial charge on any atom is 0.244 e. The third kappa shape index (κ3) is 2.90. The number of hydrogen-bond donors (Lipinski definition) is 2. The monoisotopic (exact) mass is 283 g/mol. The molecule has 6 heteroatoms. The zero-order valence-corrected chi connectivity index (χ0v) is 12.4. The van der Waals surface area contributed by atoms with Crippen LogP contribution in [0.25, 0.3) is 0 Å². The van der Waals surface area contributed by atoms with Crippen molar-refractivity contribution in [3.05, 3.63) is 18.3 Å². The van der Waals surface area contributed by atoms with Gasteiger partial charge >= 0.3 is 0 Å². The zero-order chi connectivity index (χ0) is 14.1. The van der Waals surface area contributed by atoms with E-state index in [9.17, 15) is 8.42 Å². The predicted octanol–water partition coefficient (Wildman–Crippen LogP) is 1.84. The third-order valence-electron chi connectivity index (χ3n) is 4.03. The molecule has 0 unspecified atom stereocenters. The van der Waals surface area contributed by atoms with Crippen LogP contribution >= 0.6 is 0 Å². The van der Waals surface area contributed by atoms with Crippen LogP contribution in [0.2, 0.25) is 0 Å². The zero-order valence-electron chi connectivity index (χ0n) is 11.6. The minimum Gasteiger partial charge on any atom is -0.372 e. The second-order valence-corrected chi connectivity index (χ2v) is 7.18. The number of rotatable bonds is 6. The minimum atomic E-state index is -3.50. The van der Waals surface area contributed by atoms with Crippen molar-refractivity contribution in [1.82, 2.24) is 9.71 Å². The molecule has 2 N–H and O–H groups in total. The second-order valence-electron chi connectivity index (χ2n) is 5.44. The van der Waals surface area contributed by atoms with Gasteiger partial charge < -0.3 is 5.32 Å². The predicted molar refractivity (Wildman–Crippen MR) is 75.5 cm³/mol. The first-order valence-corrected chi connectivity index (χ1v) is 8.02. The van der Waals surface area contributed by atoms with E-state index in [-0.39, 0.29) is 10.3 Å². The summed E-state index contributed by atoms with van der Waals surface area (Å²) in [5, 5.41) is 2.81. The highest BCUT2D eigenvalue weighted by Crippen LogP contribution is 2.51. The molecule has 1 aromatic rings. The Balaban J connectivity index is 2.15. The van der Waals surface area contributed by atoms with Crippen molar-refractivity contribution in [2.45, 2.75) is 31.6 Å². The van der Waals surface area contributed by atoms with Crippen LogP contribution in [0.5, 0.6) is 0 Å². The Hall–Kier alpha value is -1.14. The summed E-state index contributed by atoms with van der Waals surface area (Å²) in [5.74, 6) is 0.872. The van der Waals surface area contributed by atoms with E-state index in [1.54, 1.807) is 25.4 Å². The van der Waals surface area contributed by atoms with Gasteiger partial charge in [-0.15, -0.1) is 0 Å². The van der Waals surface area contributed by atoms with Crippen LogP contribution in [0.4, 0.5) is 5.82 Å². The fourth-order valence-electron chi connectivity index (χ4n) is 2.23. The molecule has 106 valence electrons. The fourth-order valence-corrected chi connectivity index (χ4v) is 3.53. The summed E-state index contributed by atoms with van der Waals surface area (Å²) in [6.45, 7) is 4.79. The molecule has 0 radical (unpaired) electrons. The number of nitrogens with one attached hydrogen (secondary N) is 2. The van der Waals surface area contributed by atoms with Crippen molar-refractivity contribution < 1.29 is 8.42 Å². The lowest BCUT2D eigenvalue weighted by Gasteiger charge is -2.20. The molecule has 1 heterocycles. The van der Waals surface area contributed by atoms with Gasteiger partial charge in [-0.05, 0) is 36.3 Å². The number of aromatic nitrogens is 1. The molecule has 5 nitrogen and oxygen atoms in total. The van der Waals surface area contributed by atoms with E-state index in [0.717, 1.165) is 12.8 Å². The summed E-state index contributed by atoms with van der Waals surface area (Å²) in [4.78, 5) is 4.23. The number of sulfonamides is 1. The van der Waals surface area contributed by atoms with Gasteiger partial charge in [-0.3, -0.25) is 0 Å². The molecule has 0 saturated heterocycles. The highest BCUT2D eigenvalue weighted by Gasteiger charge is 2.45. The highest BCUT2D eigenvalue weighted by atomic mass is 32.2. The molecule has 0 bridgehead atoms. The SMILES string of the molecule is CNc1ncccc1S(=O)(=O)NCC1(C(C)C)CC1. The molecule has 1 saturated carbocycles. The van der Waals surface area contributed by atoms with Crippen LogP contribution in [0.15, 0.2) is 23.2 Å². The van der Waals surface area contributed by atoms with E-state index in [0.29, 0.717) is 18.3 Å². The second kappa shape index (κ2) is 5.09. The Morgan fingerprint density at radius 3 is 2.63 bits per heavy atom. The molecule has 2 rings (SSSR count). The molecule has 0 aliphatic heterocycles. The third-order valence-corrected chi connectivity index (χ3v) is 5.46. The van der Waals surface area contributed by atoms with Gasteiger partial charge in [0.05, 0.1) is 0 Å². The molecule has 0 aromatic carbocycles. The first-order chi connectivity index (χ1) is 8.91. The Labute approximate surface area is 114 Å². The van der Waals surface area contributed by atoms with Crippen molar-refractivity contribution in [1.29, 1.82) is 0 Å². The van der Waals surface area contributed by atoms with Crippen molar-refractivity contribution >= 4 is 15.8 Å². The van der Waals surface area contributed by atoms with E-state index < -0.39 is 10.0 Å². The summed E-state index contributed by atoms with van der Waals surface area (Å²) in [7, 11) is -1.84. The van der Waals surface area contributed by atoms with E-state index in [1.807, 2.05) is 0 Å². The lowest BCUT2D eigenvalue weighted by molar-refractivity contribution is 0.357. The van der Waals surface area contributed by atoms with Gasteiger partial charge in [0.1, 0.15) is 10.7 Å². The maximum absolute atomic E-state index is 12.3. The lowest BCUT2D eigenvalue weighted by Crippen LogP contribution is -2.33. The van der Waals surface area contributed by atoms with E-state index in [2.05, 4.69) is 28.9 Å². The quantitative estimate of drug-likeness (QED) is 0.835. The number of pyridine rings is 1. The molecular formula is C13H21N3O2S. The minimum absolute atomic E-state index is 0.148. The summed E-state index contributed by atoms with van der Waals surface area (Å²) < 4.78 is 27.4. The van der Waals surface area contributed by atoms with Crippen molar-refractivity contribution in [2.75, 3.05) is 18.9 Å². The smallest absolute Gasteiger partial charge is 0.244 e. The summed E-state index contributed by atoms with van der Waals surface area (Å²) in [6.07, 6.45) is 3.76. The molecule has 0 atom stereocenters. The number of anilines is 1. The summed E-state index contributed by atoms with van der Waals surface area (Å²) in [6, 6.07) is 3.20. The van der Waals surface area contributed by atoms with Crippen LogP contribution in [0, 0.1) is 11.3 Å². The van der Waals surface area contributed by atoms with Crippen molar-refractivity contribution in [3.63, 3.8) is 0 Å². The molecule has 1 aliphatic carbocycles. The first-order valence-electron chi connectivity index (χ1n) is 6.54. The van der Waals surface area contributed by atoms with Crippen molar-refractivity contribution in [3.8, 4) is 0 Å². The van der Waals surface area contributed by atoms with Gasteiger partial charge in [-0.1, -0.05) is 13.8 Å². The Morgan fingerprint density at radius 1 is 1.42 bits per heavy atom. The van der Waals surface area contributed by atoms with Gasteiger partial charge in [0.2, 0.25) is 10.0 Å². The Morgan fingerprint density at radius 2 is 2.11 bits per heavy atom. The number of nitrogens with zero attached hydrogens (tertiary/aromatic N) is 1. The Kier molecular flexibility index (Phi) is 3.82. The van der Waals surface area contributed by atoms with E-state index in [4.69, 9.17) is 0 Å². The Bertz CT molecular complexity index is 551. The summed E-state index contributed by atoms with van der Waals surface area (Å²) >= 11 is 0. The van der Waals surface area contributed by atoms with Crippen LogP contribution in [0.1, 0.15) is 26.7 Å². The molecule has 1 aromatic heterocycles. The average Bonchev–Trinajstić information content (AvgIpc) is 3.18. The molecule has 0 amide bonds. The van der Waals surface area contributed by atoms with Gasteiger partial charge in [0.15, 0.2) is 0 Å². The largest absolute Gasteiger partial charge is 0.372 e. The fraction of sp³-hybridized carbons (Fsp3) is 0.615. The topological polar surface area (TPSA) is 71.1 Å². The van der Waals surface area contributed by atoms with Gasteiger partial charge in [-0.2, -0.15) is 0 Å².